The smallest absolute Gasteiger partial charge is 0.274 e. The van der Waals surface area contributed by atoms with Gasteiger partial charge in [0, 0.05) is 17.3 Å². The van der Waals surface area contributed by atoms with Gasteiger partial charge in [-0.15, -0.1) is 0 Å². The number of hydrogen-bond donors (Lipinski definition) is 2. The molecule has 5 nitrogen and oxygen atoms in total. The molecule has 0 radical (unpaired) electrons. The molecule has 3 aromatic rings. The lowest BCUT2D eigenvalue weighted by Gasteiger charge is -1.88. The van der Waals surface area contributed by atoms with Crippen molar-refractivity contribution < 1.29 is 8.91 Å². The van der Waals surface area contributed by atoms with Gasteiger partial charge in [-0.1, -0.05) is 5.16 Å². The highest BCUT2D eigenvalue weighted by atomic mass is 19.1. The van der Waals surface area contributed by atoms with Crippen LogP contribution in [0.5, 0.6) is 0 Å². The first-order valence-electron chi connectivity index (χ1n) is 5.57. The minimum Gasteiger partial charge on any atom is -0.351 e. The van der Waals surface area contributed by atoms with Gasteiger partial charge in [0.15, 0.2) is 5.82 Å². The van der Waals surface area contributed by atoms with Gasteiger partial charge in [-0.25, -0.2) is 4.39 Å². The van der Waals surface area contributed by atoms with E-state index in [1.54, 1.807) is 12.1 Å². The van der Waals surface area contributed by atoms with Gasteiger partial charge in [0.2, 0.25) is 0 Å². The van der Waals surface area contributed by atoms with E-state index in [1.807, 2.05) is 0 Å². The summed E-state index contributed by atoms with van der Waals surface area (Å²) in [6, 6.07) is 6.30. The Balaban J connectivity index is 2.02. The lowest BCUT2D eigenvalue weighted by Crippen LogP contribution is -2.03. The van der Waals surface area contributed by atoms with E-state index in [4.69, 9.17) is 10.3 Å². The van der Waals surface area contributed by atoms with Gasteiger partial charge in [-0.3, -0.25) is 0 Å². The lowest BCUT2D eigenvalue weighted by molar-refractivity contribution is 0.421. The monoisotopic (exact) mass is 246 g/mol. The van der Waals surface area contributed by atoms with Crippen molar-refractivity contribution in [2.45, 2.75) is 6.42 Å². The Labute approximate surface area is 102 Å². The molecular formula is C12H11FN4O. The van der Waals surface area contributed by atoms with Crippen LogP contribution in [-0.2, 0) is 6.42 Å². The Morgan fingerprint density at radius 2 is 2.22 bits per heavy atom. The molecule has 0 aliphatic heterocycles. The fraction of sp³-hybridized carbons (Fsp3) is 0.167. The van der Waals surface area contributed by atoms with Crippen LogP contribution in [-0.4, -0.2) is 21.7 Å². The fourth-order valence-electron chi connectivity index (χ4n) is 1.81. The Kier molecular flexibility index (Phi) is 2.56. The second kappa shape index (κ2) is 4.23. The molecule has 0 fully saturated rings. The summed E-state index contributed by atoms with van der Waals surface area (Å²) in [7, 11) is 0. The molecule has 6 heteroatoms. The van der Waals surface area contributed by atoms with E-state index in [-0.39, 0.29) is 5.82 Å². The van der Waals surface area contributed by atoms with E-state index in [2.05, 4.69) is 15.1 Å². The second-order valence-corrected chi connectivity index (χ2v) is 3.97. The number of nitrogens with one attached hydrogen (secondary N) is 1. The first kappa shape index (κ1) is 10.9. The number of halogens is 1. The maximum Gasteiger partial charge on any atom is 0.274 e. The highest BCUT2D eigenvalue weighted by molar-refractivity contribution is 5.84. The van der Waals surface area contributed by atoms with Crippen LogP contribution in [0.3, 0.4) is 0 Å². The van der Waals surface area contributed by atoms with Gasteiger partial charge in [0.1, 0.15) is 11.5 Å². The van der Waals surface area contributed by atoms with Gasteiger partial charge in [0.05, 0.1) is 0 Å². The van der Waals surface area contributed by atoms with Crippen molar-refractivity contribution in [1.82, 2.24) is 15.1 Å². The minimum absolute atomic E-state index is 0.276. The summed E-state index contributed by atoms with van der Waals surface area (Å²) in [5.41, 5.74) is 6.91. The number of fused-ring (bicyclic) bond motifs is 1. The number of nitrogens with zero attached hydrogens (tertiary/aromatic N) is 2. The van der Waals surface area contributed by atoms with E-state index in [0.29, 0.717) is 30.4 Å². The molecule has 2 aromatic heterocycles. The first-order valence-corrected chi connectivity index (χ1v) is 5.57. The lowest BCUT2D eigenvalue weighted by atomic mass is 10.2. The van der Waals surface area contributed by atoms with Crippen LogP contribution < -0.4 is 5.73 Å². The van der Waals surface area contributed by atoms with E-state index in [9.17, 15) is 4.39 Å². The molecule has 0 saturated carbocycles. The summed E-state index contributed by atoms with van der Waals surface area (Å²) in [5, 5.41) is 4.58. The number of aromatic nitrogens is 3. The highest BCUT2D eigenvalue weighted by Crippen LogP contribution is 2.23. The van der Waals surface area contributed by atoms with Crippen LogP contribution in [0, 0.1) is 5.82 Å². The summed E-state index contributed by atoms with van der Waals surface area (Å²) < 4.78 is 18.2. The zero-order valence-corrected chi connectivity index (χ0v) is 9.48. The molecule has 3 N–H and O–H groups in total. The van der Waals surface area contributed by atoms with E-state index >= 15 is 0 Å². The van der Waals surface area contributed by atoms with Gasteiger partial charge in [-0.05, 0) is 30.8 Å². The summed E-state index contributed by atoms with van der Waals surface area (Å²) in [4.78, 5) is 7.31. The third-order valence-electron chi connectivity index (χ3n) is 2.65. The number of benzene rings is 1. The molecule has 0 spiro atoms. The van der Waals surface area contributed by atoms with Crippen LogP contribution in [0.4, 0.5) is 4.39 Å². The summed E-state index contributed by atoms with van der Waals surface area (Å²) in [6.07, 6.45) is 0.568. The van der Waals surface area contributed by atoms with E-state index in [1.165, 1.54) is 12.1 Å². The number of hydrogen-bond acceptors (Lipinski definition) is 4. The van der Waals surface area contributed by atoms with E-state index in [0.717, 1.165) is 10.9 Å². The third-order valence-corrected chi connectivity index (χ3v) is 2.65. The average Bonchev–Trinajstić information content (AvgIpc) is 2.94. The Morgan fingerprint density at radius 1 is 1.33 bits per heavy atom. The average molecular weight is 246 g/mol. The quantitative estimate of drug-likeness (QED) is 0.739. The molecule has 2 heterocycles. The molecule has 0 bridgehead atoms. The molecule has 0 aliphatic carbocycles. The molecule has 0 aliphatic rings. The predicted molar refractivity (Wildman–Crippen MR) is 64.3 cm³/mol. The van der Waals surface area contributed by atoms with Crippen molar-refractivity contribution >= 4 is 10.9 Å². The Bertz CT molecular complexity index is 688. The topological polar surface area (TPSA) is 80.7 Å². The standard InChI is InChI=1S/C12H11FN4O/c13-8-1-2-9-7(5-8)6-10(15-9)12-16-11(3-4-14)17-18-12/h1-2,5-6,15H,3-4,14H2. The number of rotatable bonds is 3. The molecule has 0 unspecified atom stereocenters. The summed E-state index contributed by atoms with van der Waals surface area (Å²) in [6.45, 7) is 0.469. The van der Waals surface area contributed by atoms with Crippen molar-refractivity contribution in [2.24, 2.45) is 5.73 Å². The van der Waals surface area contributed by atoms with Crippen LogP contribution in [0.2, 0.25) is 0 Å². The predicted octanol–water partition coefficient (Wildman–Crippen LogP) is 1.86. The van der Waals surface area contributed by atoms with Gasteiger partial charge >= 0.3 is 0 Å². The normalized spacial score (nSPS) is 11.2. The summed E-state index contributed by atoms with van der Waals surface area (Å²) in [5.74, 6) is 0.676. The molecule has 92 valence electrons. The SMILES string of the molecule is NCCc1noc(-c2cc3cc(F)ccc3[nH]2)n1. The molecule has 0 amide bonds. The van der Waals surface area contributed by atoms with E-state index < -0.39 is 0 Å². The zero-order chi connectivity index (χ0) is 12.5. The van der Waals surface area contributed by atoms with Crippen molar-refractivity contribution in [3.05, 3.63) is 35.9 Å². The van der Waals surface area contributed by atoms with Crippen LogP contribution in [0.1, 0.15) is 5.82 Å². The number of aromatic amines is 1. The van der Waals surface area contributed by atoms with Crippen LogP contribution in [0.25, 0.3) is 22.5 Å². The Morgan fingerprint density at radius 3 is 3.06 bits per heavy atom. The molecular weight excluding hydrogens is 235 g/mol. The molecule has 18 heavy (non-hydrogen) atoms. The highest BCUT2D eigenvalue weighted by Gasteiger charge is 2.11. The molecule has 3 rings (SSSR count). The van der Waals surface area contributed by atoms with Crippen molar-refractivity contribution in [3.63, 3.8) is 0 Å². The molecule has 0 saturated heterocycles. The van der Waals surface area contributed by atoms with Crippen molar-refractivity contribution in [2.75, 3.05) is 6.54 Å². The fourth-order valence-corrected chi connectivity index (χ4v) is 1.81. The maximum absolute atomic E-state index is 13.1. The van der Waals surface area contributed by atoms with Gasteiger partial charge in [-0.2, -0.15) is 4.98 Å². The summed E-state index contributed by atoms with van der Waals surface area (Å²) >= 11 is 0. The number of nitrogens with two attached hydrogens (primary N) is 1. The van der Waals surface area contributed by atoms with Crippen molar-refractivity contribution in [3.8, 4) is 11.6 Å². The number of H-pyrrole nitrogens is 1. The minimum atomic E-state index is -0.276. The van der Waals surface area contributed by atoms with Gasteiger partial charge in [0.25, 0.3) is 5.89 Å². The first-order chi connectivity index (χ1) is 8.76. The largest absolute Gasteiger partial charge is 0.351 e. The molecule has 0 atom stereocenters. The zero-order valence-electron chi connectivity index (χ0n) is 9.48. The Hall–Kier alpha value is -2.21. The van der Waals surface area contributed by atoms with Crippen LogP contribution >= 0.6 is 0 Å². The maximum atomic E-state index is 13.1. The van der Waals surface area contributed by atoms with Gasteiger partial charge < -0.3 is 15.2 Å². The second-order valence-electron chi connectivity index (χ2n) is 3.97. The van der Waals surface area contributed by atoms with Crippen molar-refractivity contribution in [1.29, 1.82) is 0 Å². The van der Waals surface area contributed by atoms with Crippen LogP contribution in [0.15, 0.2) is 28.8 Å². The molecule has 1 aromatic carbocycles. The third kappa shape index (κ3) is 1.86.